The predicted octanol–water partition coefficient (Wildman–Crippen LogP) is 1.76. The van der Waals surface area contributed by atoms with Crippen LogP contribution in [0, 0.1) is 18.8 Å². The van der Waals surface area contributed by atoms with Gasteiger partial charge >= 0.3 is 5.97 Å². The molecule has 1 saturated carbocycles. The van der Waals surface area contributed by atoms with Gasteiger partial charge in [0.2, 0.25) is 29.5 Å². The van der Waals surface area contributed by atoms with E-state index in [1.54, 1.807) is 0 Å². The summed E-state index contributed by atoms with van der Waals surface area (Å²) in [5.41, 5.74) is 2.49. The fraction of sp³-hybridized carbons (Fsp3) is 0.600. The number of aromatic amines is 1. The zero-order chi connectivity index (χ0) is 34.5. The molecule has 0 spiro atoms. The number of carbonyl (C=O) groups excluding carboxylic acids is 6. The number of hydrogen-bond acceptors (Lipinski definition) is 7. The highest BCUT2D eigenvalue weighted by atomic mass is 16.5. The number of hydrogen-bond donors (Lipinski definition) is 5. The second-order valence-electron chi connectivity index (χ2n) is 13.8. The Morgan fingerprint density at radius 2 is 1.52 bits per heavy atom. The molecule has 2 aliphatic heterocycles. The normalized spacial score (nSPS) is 26.4. The highest BCUT2D eigenvalue weighted by Gasteiger charge is 2.43. The topological polar surface area (TPSA) is 179 Å². The third-order valence-corrected chi connectivity index (χ3v) is 9.91. The molecule has 1 aromatic carbocycles. The van der Waals surface area contributed by atoms with E-state index in [9.17, 15) is 28.8 Å². The predicted molar refractivity (Wildman–Crippen MR) is 177 cm³/mol. The lowest BCUT2D eigenvalue weighted by molar-refractivity contribution is -0.147. The summed E-state index contributed by atoms with van der Waals surface area (Å²) < 4.78 is 4.86. The monoisotopic (exact) mass is 664 g/mol. The SMILES string of the molecule is COC(=O)C[C@H]1NC(=O)[C@@H](Cc2c(C)[nH]c3ccccc23)NC(=O)[C@H](CC(C)C)NC(=O)[C@@H](C2CCCC2)NC(=O)[C@@H]2CCCN2C1=O. The minimum absolute atomic E-state index is 0.0138. The molecule has 1 aliphatic carbocycles. The van der Waals surface area contributed by atoms with Crippen LogP contribution in [0.2, 0.25) is 0 Å². The summed E-state index contributed by atoms with van der Waals surface area (Å²) in [6.45, 7) is 5.99. The third-order valence-electron chi connectivity index (χ3n) is 9.91. The van der Waals surface area contributed by atoms with Gasteiger partial charge in [-0.25, -0.2) is 0 Å². The number of fused-ring (bicyclic) bond motifs is 2. The number of H-pyrrole nitrogens is 1. The Morgan fingerprint density at radius 1 is 0.854 bits per heavy atom. The number of nitrogens with one attached hydrogen (secondary N) is 5. The molecule has 260 valence electrons. The number of para-hydroxylation sites is 1. The fourth-order valence-electron chi connectivity index (χ4n) is 7.41. The lowest BCUT2D eigenvalue weighted by atomic mass is 9.95. The van der Waals surface area contributed by atoms with Gasteiger partial charge in [0.05, 0.1) is 13.5 Å². The Morgan fingerprint density at radius 3 is 2.23 bits per heavy atom. The molecule has 5 amide bonds. The standard InChI is InChI=1S/C35H48N6O7/c1-19(2)16-25-31(43)37-26(17-23-20(3)36-24-13-8-7-12-22(23)24)32(44)39-27(18-29(42)48-4)35(47)41-15-9-14-28(41)33(45)40-30(34(46)38-25)21-10-5-6-11-21/h7-8,12-13,19,21,25-28,30,36H,5-6,9-11,14-18H2,1-4H3,(H,37,43)(H,38,46)(H,39,44)(H,40,45)/t25-,26+,27+,28-,30+/m0/s1. The lowest BCUT2D eigenvalue weighted by Gasteiger charge is -2.31. The second-order valence-corrected chi connectivity index (χ2v) is 13.8. The summed E-state index contributed by atoms with van der Waals surface area (Å²) in [5, 5.41) is 12.3. The number of esters is 1. The first-order valence-electron chi connectivity index (χ1n) is 17.1. The van der Waals surface area contributed by atoms with E-state index in [-0.39, 0.29) is 24.8 Å². The van der Waals surface area contributed by atoms with Gasteiger partial charge in [-0.1, -0.05) is 44.9 Å². The van der Waals surface area contributed by atoms with Gasteiger partial charge in [-0.15, -0.1) is 0 Å². The van der Waals surface area contributed by atoms with Crippen molar-refractivity contribution in [2.45, 2.75) is 109 Å². The maximum atomic E-state index is 14.1. The molecule has 2 aromatic rings. The summed E-state index contributed by atoms with van der Waals surface area (Å²) in [6, 6.07) is 2.35. The first-order chi connectivity index (χ1) is 23.0. The molecule has 1 aromatic heterocycles. The quantitative estimate of drug-likeness (QED) is 0.280. The van der Waals surface area contributed by atoms with Crippen molar-refractivity contribution in [1.82, 2.24) is 31.2 Å². The van der Waals surface area contributed by atoms with Crippen molar-refractivity contribution in [2.75, 3.05) is 13.7 Å². The van der Waals surface area contributed by atoms with Crippen molar-refractivity contribution < 1.29 is 33.5 Å². The van der Waals surface area contributed by atoms with Crippen LogP contribution in [0.3, 0.4) is 0 Å². The van der Waals surface area contributed by atoms with Crippen LogP contribution < -0.4 is 21.3 Å². The van der Waals surface area contributed by atoms with E-state index in [0.717, 1.165) is 47.8 Å². The number of benzene rings is 1. The van der Waals surface area contributed by atoms with Gasteiger partial charge in [-0.2, -0.15) is 0 Å². The van der Waals surface area contributed by atoms with Gasteiger partial charge in [0.15, 0.2) is 0 Å². The van der Waals surface area contributed by atoms with E-state index in [1.807, 2.05) is 45.0 Å². The van der Waals surface area contributed by atoms with Gasteiger partial charge in [0.25, 0.3) is 0 Å². The van der Waals surface area contributed by atoms with Crippen LogP contribution in [0.25, 0.3) is 10.9 Å². The van der Waals surface area contributed by atoms with E-state index >= 15 is 0 Å². The molecular formula is C35H48N6O7. The number of rotatable bonds is 7. The molecule has 0 bridgehead atoms. The summed E-state index contributed by atoms with van der Waals surface area (Å²) in [4.78, 5) is 87.2. The summed E-state index contributed by atoms with van der Waals surface area (Å²) in [7, 11) is 1.19. The smallest absolute Gasteiger partial charge is 0.308 e. The summed E-state index contributed by atoms with van der Waals surface area (Å²) in [6.07, 6.45) is 4.16. The van der Waals surface area contributed by atoms with Crippen molar-refractivity contribution in [2.24, 2.45) is 11.8 Å². The number of carbonyl (C=O) groups is 6. The van der Waals surface area contributed by atoms with E-state index in [1.165, 1.54) is 12.0 Å². The number of methoxy groups -OCH3 is 1. The highest BCUT2D eigenvalue weighted by Crippen LogP contribution is 2.29. The van der Waals surface area contributed by atoms with Crippen molar-refractivity contribution in [3.05, 3.63) is 35.5 Å². The highest BCUT2D eigenvalue weighted by molar-refractivity contribution is 5.99. The van der Waals surface area contributed by atoms with Crippen LogP contribution in [0.1, 0.15) is 76.5 Å². The molecule has 3 heterocycles. The van der Waals surface area contributed by atoms with E-state index in [2.05, 4.69) is 26.3 Å². The van der Waals surface area contributed by atoms with Crippen LogP contribution in [-0.2, 0) is 39.9 Å². The Bertz CT molecular complexity index is 1550. The molecule has 3 aliphatic rings. The molecule has 2 saturated heterocycles. The molecule has 3 fully saturated rings. The van der Waals surface area contributed by atoms with Gasteiger partial charge in [0, 0.05) is 29.6 Å². The molecule has 5 rings (SSSR count). The van der Waals surface area contributed by atoms with Gasteiger partial charge in [-0.3, -0.25) is 28.8 Å². The van der Waals surface area contributed by atoms with Gasteiger partial charge in [-0.05, 0) is 62.5 Å². The fourth-order valence-corrected chi connectivity index (χ4v) is 7.41. The van der Waals surface area contributed by atoms with Crippen LogP contribution in [0.15, 0.2) is 24.3 Å². The maximum absolute atomic E-state index is 14.1. The first-order valence-corrected chi connectivity index (χ1v) is 17.1. The number of nitrogens with zero attached hydrogens (tertiary/aromatic N) is 1. The van der Waals surface area contributed by atoms with Gasteiger partial charge < -0.3 is 35.9 Å². The van der Waals surface area contributed by atoms with Crippen LogP contribution in [-0.4, -0.2) is 89.3 Å². The van der Waals surface area contributed by atoms with Crippen LogP contribution >= 0.6 is 0 Å². The molecule has 13 heteroatoms. The van der Waals surface area contributed by atoms with Crippen molar-refractivity contribution in [1.29, 1.82) is 0 Å². The van der Waals surface area contributed by atoms with Crippen LogP contribution in [0.5, 0.6) is 0 Å². The average Bonchev–Trinajstić information content (AvgIpc) is 3.82. The number of amides is 5. The van der Waals surface area contributed by atoms with E-state index < -0.39 is 72.1 Å². The second kappa shape index (κ2) is 15.2. The number of ether oxygens (including phenoxy) is 1. The first kappa shape index (κ1) is 34.9. The minimum Gasteiger partial charge on any atom is -0.469 e. The molecule has 48 heavy (non-hydrogen) atoms. The molecule has 13 nitrogen and oxygen atoms in total. The van der Waals surface area contributed by atoms with Gasteiger partial charge in [0.1, 0.15) is 30.2 Å². The zero-order valence-electron chi connectivity index (χ0n) is 28.2. The number of aromatic nitrogens is 1. The molecular weight excluding hydrogens is 616 g/mol. The largest absolute Gasteiger partial charge is 0.469 e. The van der Waals surface area contributed by atoms with Crippen LogP contribution in [0.4, 0.5) is 0 Å². The molecule has 5 N–H and O–H groups in total. The number of aryl methyl sites for hydroxylation is 1. The Kier molecular flexibility index (Phi) is 11.1. The molecule has 0 unspecified atom stereocenters. The molecule has 0 radical (unpaired) electrons. The minimum atomic E-state index is -1.34. The Hall–Kier alpha value is -4.42. The Labute approximate surface area is 280 Å². The lowest BCUT2D eigenvalue weighted by Crippen LogP contribution is -2.59. The summed E-state index contributed by atoms with van der Waals surface area (Å²) in [5.74, 6) is -3.59. The van der Waals surface area contributed by atoms with E-state index in [4.69, 9.17) is 4.74 Å². The van der Waals surface area contributed by atoms with E-state index in [0.29, 0.717) is 19.3 Å². The Balaban J connectivity index is 1.56. The zero-order valence-corrected chi connectivity index (χ0v) is 28.2. The average molecular weight is 665 g/mol. The van der Waals surface area contributed by atoms with Crippen molar-refractivity contribution >= 4 is 46.4 Å². The summed E-state index contributed by atoms with van der Waals surface area (Å²) >= 11 is 0. The van der Waals surface area contributed by atoms with Crippen molar-refractivity contribution in [3.63, 3.8) is 0 Å². The molecule has 5 atom stereocenters. The maximum Gasteiger partial charge on any atom is 0.308 e. The third kappa shape index (κ3) is 7.82. The van der Waals surface area contributed by atoms with Crippen molar-refractivity contribution in [3.8, 4) is 0 Å².